The molecular weight excluding hydrogens is 258 g/mol. The fourth-order valence-corrected chi connectivity index (χ4v) is 2.48. The number of hydrogen-bond donors (Lipinski definition) is 2. The number of nitrogens with one attached hydrogen (secondary N) is 1. The van der Waals surface area contributed by atoms with Crippen LogP contribution < -0.4 is 11.1 Å². The third kappa shape index (κ3) is 3.60. The Morgan fingerprint density at radius 2 is 2.30 bits per heavy atom. The van der Waals surface area contributed by atoms with E-state index in [-0.39, 0.29) is 17.9 Å². The second-order valence-electron chi connectivity index (χ2n) is 5.00. The van der Waals surface area contributed by atoms with Crippen LogP contribution in [0.1, 0.15) is 36.0 Å². The number of carbonyl (C=O) groups excluding carboxylic acids is 2. The van der Waals surface area contributed by atoms with E-state index >= 15 is 0 Å². The van der Waals surface area contributed by atoms with E-state index in [1.807, 2.05) is 4.90 Å². The molecule has 1 unspecified atom stereocenters. The molecule has 1 aliphatic rings. The standard InChI is InChI=1S/C14H21N3O3/c15-6-4-13(18)16-9-12-3-1-2-7-17(12)14(19)11-5-8-20-10-11/h5,8,10,12H,1-4,6-7,9,15H2,(H,16,18). The van der Waals surface area contributed by atoms with Crippen molar-refractivity contribution in [3.8, 4) is 0 Å². The van der Waals surface area contributed by atoms with Gasteiger partial charge < -0.3 is 20.4 Å². The molecule has 20 heavy (non-hydrogen) atoms. The fourth-order valence-electron chi connectivity index (χ4n) is 2.48. The van der Waals surface area contributed by atoms with Crippen LogP contribution in [0.5, 0.6) is 0 Å². The summed E-state index contributed by atoms with van der Waals surface area (Å²) in [6.07, 6.45) is 6.26. The second-order valence-corrected chi connectivity index (χ2v) is 5.00. The van der Waals surface area contributed by atoms with Gasteiger partial charge in [0.2, 0.25) is 5.91 Å². The van der Waals surface area contributed by atoms with Gasteiger partial charge >= 0.3 is 0 Å². The predicted octanol–water partition coefficient (Wildman–Crippen LogP) is 0.739. The van der Waals surface area contributed by atoms with Gasteiger partial charge in [0.1, 0.15) is 6.26 Å². The summed E-state index contributed by atoms with van der Waals surface area (Å²) >= 11 is 0. The molecule has 0 aliphatic carbocycles. The lowest BCUT2D eigenvalue weighted by molar-refractivity contribution is -0.121. The average Bonchev–Trinajstić information content (AvgIpc) is 2.99. The first-order valence-corrected chi connectivity index (χ1v) is 7.02. The number of rotatable bonds is 5. The molecule has 110 valence electrons. The Morgan fingerprint density at radius 1 is 1.45 bits per heavy atom. The first-order valence-electron chi connectivity index (χ1n) is 7.02. The van der Waals surface area contributed by atoms with Gasteiger partial charge in [-0.25, -0.2) is 0 Å². The Morgan fingerprint density at radius 3 is 3.00 bits per heavy atom. The van der Waals surface area contributed by atoms with Crippen molar-refractivity contribution in [2.75, 3.05) is 19.6 Å². The molecule has 1 aromatic heterocycles. The van der Waals surface area contributed by atoms with Crippen molar-refractivity contribution in [3.63, 3.8) is 0 Å². The summed E-state index contributed by atoms with van der Waals surface area (Å²) in [6, 6.07) is 1.72. The minimum atomic E-state index is -0.0613. The predicted molar refractivity (Wildman–Crippen MR) is 74.1 cm³/mol. The van der Waals surface area contributed by atoms with E-state index in [9.17, 15) is 9.59 Å². The number of amides is 2. The molecule has 1 atom stereocenters. The largest absolute Gasteiger partial charge is 0.472 e. The van der Waals surface area contributed by atoms with Crippen LogP contribution in [-0.2, 0) is 4.79 Å². The number of furan rings is 1. The number of nitrogens with zero attached hydrogens (tertiary/aromatic N) is 1. The normalized spacial score (nSPS) is 18.9. The zero-order chi connectivity index (χ0) is 14.4. The molecule has 3 N–H and O–H groups in total. The minimum Gasteiger partial charge on any atom is -0.472 e. The van der Waals surface area contributed by atoms with Gasteiger partial charge in [-0.2, -0.15) is 0 Å². The van der Waals surface area contributed by atoms with Gasteiger partial charge in [-0.05, 0) is 25.3 Å². The van der Waals surface area contributed by atoms with E-state index < -0.39 is 0 Å². The van der Waals surface area contributed by atoms with Crippen molar-refractivity contribution in [2.24, 2.45) is 5.73 Å². The zero-order valence-corrected chi connectivity index (χ0v) is 11.5. The molecule has 0 aromatic carbocycles. The topological polar surface area (TPSA) is 88.6 Å². The molecule has 2 rings (SSSR count). The van der Waals surface area contributed by atoms with Gasteiger partial charge in [0.25, 0.3) is 5.91 Å². The number of carbonyl (C=O) groups is 2. The highest BCUT2D eigenvalue weighted by Gasteiger charge is 2.28. The number of nitrogens with two attached hydrogens (primary N) is 1. The third-order valence-electron chi connectivity index (χ3n) is 3.56. The molecule has 2 amide bonds. The second kappa shape index (κ2) is 7.09. The zero-order valence-electron chi connectivity index (χ0n) is 11.5. The lowest BCUT2D eigenvalue weighted by Gasteiger charge is -2.35. The van der Waals surface area contributed by atoms with Crippen molar-refractivity contribution in [1.82, 2.24) is 10.2 Å². The van der Waals surface area contributed by atoms with Crippen LogP contribution in [0.25, 0.3) is 0 Å². The van der Waals surface area contributed by atoms with Gasteiger partial charge in [-0.1, -0.05) is 0 Å². The molecule has 1 fully saturated rings. The highest BCUT2D eigenvalue weighted by Crippen LogP contribution is 2.19. The molecule has 0 radical (unpaired) electrons. The van der Waals surface area contributed by atoms with Crippen LogP contribution in [0.15, 0.2) is 23.0 Å². The van der Waals surface area contributed by atoms with Crippen LogP contribution in [0.2, 0.25) is 0 Å². The Bertz CT molecular complexity index is 445. The van der Waals surface area contributed by atoms with Gasteiger partial charge in [-0.15, -0.1) is 0 Å². The summed E-state index contributed by atoms with van der Waals surface area (Å²) in [5, 5.41) is 2.85. The van der Waals surface area contributed by atoms with E-state index in [0.29, 0.717) is 25.1 Å². The summed E-state index contributed by atoms with van der Waals surface area (Å²) in [7, 11) is 0. The third-order valence-corrected chi connectivity index (χ3v) is 3.56. The Balaban J connectivity index is 1.95. The van der Waals surface area contributed by atoms with Crippen LogP contribution >= 0.6 is 0 Å². The van der Waals surface area contributed by atoms with Crippen molar-refractivity contribution in [3.05, 3.63) is 24.2 Å². The minimum absolute atomic E-state index is 0.0310. The van der Waals surface area contributed by atoms with Crippen molar-refractivity contribution in [2.45, 2.75) is 31.7 Å². The number of likely N-dealkylation sites (tertiary alicyclic amines) is 1. The lowest BCUT2D eigenvalue weighted by Crippen LogP contribution is -2.49. The van der Waals surface area contributed by atoms with Crippen molar-refractivity contribution < 1.29 is 14.0 Å². The average molecular weight is 279 g/mol. The molecule has 2 heterocycles. The molecule has 6 nitrogen and oxygen atoms in total. The van der Waals surface area contributed by atoms with Gasteiger partial charge in [0.15, 0.2) is 0 Å². The maximum atomic E-state index is 12.4. The van der Waals surface area contributed by atoms with E-state index in [0.717, 1.165) is 25.8 Å². The maximum Gasteiger partial charge on any atom is 0.257 e. The monoisotopic (exact) mass is 279 g/mol. The molecule has 1 aliphatic heterocycles. The highest BCUT2D eigenvalue weighted by molar-refractivity contribution is 5.94. The summed E-state index contributed by atoms with van der Waals surface area (Å²) in [5.74, 6) is -0.0923. The smallest absolute Gasteiger partial charge is 0.257 e. The van der Waals surface area contributed by atoms with E-state index in [1.54, 1.807) is 6.07 Å². The molecule has 0 saturated carbocycles. The summed E-state index contributed by atoms with van der Waals surface area (Å²) in [6.45, 7) is 1.55. The van der Waals surface area contributed by atoms with Crippen LogP contribution in [0, 0.1) is 0 Å². The quantitative estimate of drug-likeness (QED) is 0.832. The van der Waals surface area contributed by atoms with Crippen LogP contribution in [0.3, 0.4) is 0 Å². The van der Waals surface area contributed by atoms with E-state index in [1.165, 1.54) is 12.5 Å². The van der Waals surface area contributed by atoms with E-state index in [4.69, 9.17) is 10.2 Å². The van der Waals surface area contributed by atoms with Crippen molar-refractivity contribution in [1.29, 1.82) is 0 Å². The summed E-state index contributed by atoms with van der Waals surface area (Å²) in [4.78, 5) is 25.7. The summed E-state index contributed by atoms with van der Waals surface area (Å²) < 4.78 is 4.96. The lowest BCUT2D eigenvalue weighted by atomic mass is 10.0. The first-order chi connectivity index (χ1) is 9.72. The van der Waals surface area contributed by atoms with Gasteiger partial charge in [0.05, 0.1) is 11.8 Å². The Kier molecular flexibility index (Phi) is 5.17. The number of hydrogen-bond acceptors (Lipinski definition) is 4. The summed E-state index contributed by atoms with van der Waals surface area (Å²) in [5.41, 5.74) is 5.90. The molecule has 0 bridgehead atoms. The molecule has 1 aromatic rings. The molecule has 6 heteroatoms. The van der Waals surface area contributed by atoms with Gasteiger partial charge in [0, 0.05) is 32.1 Å². The highest BCUT2D eigenvalue weighted by atomic mass is 16.3. The van der Waals surface area contributed by atoms with Crippen LogP contribution in [0.4, 0.5) is 0 Å². The SMILES string of the molecule is NCCC(=O)NCC1CCCCN1C(=O)c1ccoc1. The molecular formula is C14H21N3O3. The number of piperidine rings is 1. The van der Waals surface area contributed by atoms with Gasteiger partial charge in [-0.3, -0.25) is 9.59 Å². The molecule has 0 spiro atoms. The van der Waals surface area contributed by atoms with E-state index in [2.05, 4.69) is 5.32 Å². The molecule has 1 saturated heterocycles. The maximum absolute atomic E-state index is 12.4. The fraction of sp³-hybridized carbons (Fsp3) is 0.571. The van der Waals surface area contributed by atoms with Crippen molar-refractivity contribution >= 4 is 11.8 Å². The Labute approximate surface area is 118 Å². The van der Waals surface area contributed by atoms with Crippen LogP contribution in [-0.4, -0.2) is 42.4 Å². The first kappa shape index (κ1) is 14.6. The Hall–Kier alpha value is -1.82.